The average Bonchev–Trinajstić information content (AvgIpc) is 3.10. The van der Waals surface area contributed by atoms with E-state index in [0.29, 0.717) is 17.3 Å². The highest BCUT2D eigenvalue weighted by Crippen LogP contribution is 2.39. The lowest BCUT2D eigenvalue weighted by Crippen LogP contribution is -2.37. The summed E-state index contributed by atoms with van der Waals surface area (Å²) in [4.78, 5) is 18.6. The largest absolute Gasteiger partial charge is 0.342 e. The van der Waals surface area contributed by atoms with Crippen LogP contribution in [0.25, 0.3) is 0 Å². The van der Waals surface area contributed by atoms with Gasteiger partial charge in [-0.1, -0.05) is 42.1 Å². The molecular weight excluding hydrogens is 387 g/mol. The maximum Gasteiger partial charge on any atom is 0.279 e. The van der Waals surface area contributed by atoms with Crippen molar-refractivity contribution in [3.05, 3.63) is 71.5 Å². The van der Waals surface area contributed by atoms with Crippen LogP contribution in [0, 0.1) is 5.82 Å². The molecule has 5 nitrogen and oxygen atoms in total. The number of aliphatic imine (C=N–C) groups is 1. The van der Waals surface area contributed by atoms with Crippen molar-refractivity contribution in [3.8, 4) is 0 Å². The summed E-state index contributed by atoms with van der Waals surface area (Å²) in [5.41, 5.74) is 1.32. The molecule has 2 heterocycles. The Morgan fingerprint density at radius 3 is 2.52 bits per heavy atom. The van der Waals surface area contributed by atoms with E-state index in [0.717, 1.165) is 5.56 Å². The molecule has 2 aromatic rings. The maximum atomic E-state index is 13.2. The Hall–Kier alpha value is -2.19. The summed E-state index contributed by atoms with van der Waals surface area (Å²) in [6, 6.07) is 14.6. The zero-order valence-corrected chi connectivity index (χ0v) is 15.9. The minimum atomic E-state index is -3.10. The predicted octanol–water partition coefficient (Wildman–Crippen LogP) is 2.74. The summed E-state index contributed by atoms with van der Waals surface area (Å²) in [7, 11) is -3.10. The number of rotatable bonds is 3. The summed E-state index contributed by atoms with van der Waals surface area (Å²) >= 11 is 1.34. The Morgan fingerprint density at radius 2 is 1.81 bits per heavy atom. The molecule has 0 bridgehead atoms. The second-order valence-electron chi connectivity index (χ2n) is 6.62. The van der Waals surface area contributed by atoms with E-state index in [1.807, 2.05) is 11.0 Å². The van der Waals surface area contributed by atoms with Crippen molar-refractivity contribution < 1.29 is 17.6 Å². The van der Waals surface area contributed by atoms with Crippen molar-refractivity contribution in [2.24, 2.45) is 4.99 Å². The number of fused-ring (bicyclic) bond motifs is 1. The molecule has 2 fully saturated rings. The van der Waals surface area contributed by atoms with E-state index in [1.54, 1.807) is 36.4 Å². The van der Waals surface area contributed by atoms with Gasteiger partial charge in [-0.15, -0.1) is 0 Å². The molecule has 4 rings (SSSR count). The minimum absolute atomic E-state index is 0.0460. The fraction of sp³-hybridized carbons (Fsp3) is 0.263. The summed E-state index contributed by atoms with van der Waals surface area (Å²) < 4.78 is 37.3. The minimum Gasteiger partial charge on any atom is -0.342 e. The smallest absolute Gasteiger partial charge is 0.279 e. The third-order valence-electron chi connectivity index (χ3n) is 4.66. The van der Waals surface area contributed by atoms with Crippen LogP contribution in [-0.2, 0) is 16.4 Å². The maximum absolute atomic E-state index is 13.2. The Balaban J connectivity index is 1.64. The summed E-state index contributed by atoms with van der Waals surface area (Å²) in [6.07, 6.45) is 0. The third kappa shape index (κ3) is 3.91. The number of hydrogen-bond donors (Lipinski definition) is 0. The number of thioether (sulfide) groups is 1. The number of amides is 1. The van der Waals surface area contributed by atoms with Gasteiger partial charge in [0.05, 0.1) is 17.5 Å². The monoisotopic (exact) mass is 404 g/mol. The van der Waals surface area contributed by atoms with Crippen LogP contribution >= 0.6 is 11.8 Å². The number of carbonyl (C=O) groups is 1. The normalized spacial score (nSPS) is 24.9. The van der Waals surface area contributed by atoms with Crippen molar-refractivity contribution in [1.82, 2.24) is 4.90 Å². The first-order chi connectivity index (χ1) is 12.9. The van der Waals surface area contributed by atoms with E-state index < -0.39 is 9.84 Å². The summed E-state index contributed by atoms with van der Waals surface area (Å²) in [5.74, 6) is -0.556. The quantitative estimate of drug-likeness (QED) is 0.787. The molecule has 1 amide bonds. The number of carbonyl (C=O) groups excluding carboxylic acids is 1. The van der Waals surface area contributed by atoms with Gasteiger partial charge in [0.2, 0.25) is 0 Å². The number of hydrogen-bond acceptors (Lipinski definition) is 4. The Morgan fingerprint density at radius 1 is 1.11 bits per heavy atom. The zero-order chi connectivity index (χ0) is 19.0. The zero-order valence-electron chi connectivity index (χ0n) is 14.3. The molecule has 0 radical (unpaired) electrons. The molecule has 27 heavy (non-hydrogen) atoms. The van der Waals surface area contributed by atoms with Gasteiger partial charge in [-0.25, -0.2) is 12.8 Å². The van der Waals surface area contributed by atoms with Crippen molar-refractivity contribution in [3.63, 3.8) is 0 Å². The lowest BCUT2D eigenvalue weighted by molar-refractivity contribution is 0.100. The number of halogens is 1. The molecule has 2 saturated heterocycles. The van der Waals surface area contributed by atoms with E-state index in [2.05, 4.69) is 4.99 Å². The predicted molar refractivity (Wildman–Crippen MR) is 104 cm³/mol. The van der Waals surface area contributed by atoms with E-state index in [4.69, 9.17) is 0 Å². The molecule has 140 valence electrons. The number of benzene rings is 2. The van der Waals surface area contributed by atoms with Crippen molar-refractivity contribution in [2.75, 3.05) is 11.5 Å². The third-order valence-corrected chi connectivity index (χ3v) is 7.91. The van der Waals surface area contributed by atoms with Crippen molar-refractivity contribution in [1.29, 1.82) is 0 Å². The summed E-state index contributed by atoms with van der Waals surface area (Å²) in [6.45, 7) is 0.380. The molecule has 0 unspecified atom stereocenters. The van der Waals surface area contributed by atoms with E-state index in [1.165, 1.54) is 23.9 Å². The molecular formula is C19H17FN2O3S2. The van der Waals surface area contributed by atoms with Gasteiger partial charge >= 0.3 is 0 Å². The molecule has 0 aromatic heterocycles. The standard InChI is InChI=1S/C19H17FN2O3S2/c20-15-8-6-13(7-9-15)10-22-16-11-27(24,25)12-17(16)26-19(22)21-18(23)14-4-2-1-3-5-14/h1-9,16-17H,10-12H2/t16-,17+/m0/s1. The summed E-state index contributed by atoms with van der Waals surface area (Å²) in [5, 5.41) is 0.385. The SMILES string of the molecule is O=C(N=C1S[C@@H]2CS(=O)(=O)C[C@@H]2N1Cc1ccc(F)cc1)c1ccccc1. The lowest BCUT2D eigenvalue weighted by Gasteiger charge is -2.24. The lowest BCUT2D eigenvalue weighted by atomic mass is 10.1. The van der Waals surface area contributed by atoms with Gasteiger partial charge in [0, 0.05) is 17.4 Å². The first kappa shape index (κ1) is 18.2. The van der Waals surface area contributed by atoms with Crippen LogP contribution in [0.4, 0.5) is 4.39 Å². The fourth-order valence-corrected chi connectivity index (χ4v) is 7.29. The molecule has 2 aliphatic rings. The van der Waals surface area contributed by atoms with Crippen LogP contribution < -0.4 is 0 Å². The van der Waals surface area contributed by atoms with E-state index in [9.17, 15) is 17.6 Å². The van der Waals surface area contributed by atoms with Crippen LogP contribution in [0.1, 0.15) is 15.9 Å². The van der Waals surface area contributed by atoms with Gasteiger partial charge in [-0.2, -0.15) is 4.99 Å². The number of nitrogens with zero attached hydrogens (tertiary/aromatic N) is 2. The Kier molecular flexibility index (Phi) is 4.77. The Labute approximate surface area is 161 Å². The Bertz CT molecular complexity index is 991. The highest BCUT2D eigenvalue weighted by molar-refractivity contribution is 8.15. The van der Waals surface area contributed by atoms with Gasteiger partial charge in [0.15, 0.2) is 15.0 Å². The molecule has 0 N–H and O–H groups in total. The molecule has 2 aromatic carbocycles. The first-order valence-electron chi connectivity index (χ1n) is 8.47. The number of sulfone groups is 1. The van der Waals surface area contributed by atoms with Gasteiger partial charge in [0.1, 0.15) is 5.82 Å². The van der Waals surface area contributed by atoms with Crippen LogP contribution in [-0.4, -0.2) is 47.2 Å². The number of amidine groups is 1. The molecule has 8 heteroatoms. The van der Waals surface area contributed by atoms with Crippen LogP contribution in [0.15, 0.2) is 59.6 Å². The van der Waals surface area contributed by atoms with Crippen LogP contribution in [0.5, 0.6) is 0 Å². The highest BCUT2D eigenvalue weighted by Gasteiger charge is 2.48. The van der Waals surface area contributed by atoms with Crippen molar-refractivity contribution in [2.45, 2.75) is 17.8 Å². The van der Waals surface area contributed by atoms with E-state index in [-0.39, 0.29) is 34.5 Å². The van der Waals surface area contributed by atoms with Gasteiger partial charge < -0.3 is 4.90 Å². The molecule has 2 atom stereocenters. The average molecular weight is 404 g/mol. The van der Waals surface area contributed by atoms with Gasteiger partial charge in [0.25, 0.3) is 5.91 Å². The van der Waals surface area contributed by atoms with Crippen LogP contribution in [0.2, 0.25) is 0 Å². The molecule has 0 saturated carbocycles. The molecule has 0 aliphatic carbocycles. The first-order valence-corrected chi connectivity index (χ1v) is 11.2. The van der Waals surface area contributed by atoms with E-state index >= 15 is 0 Å². The van der Waals surface area contributed by atoms with Gasteiger partial charge in [-0.3, -0.25) is 4.79 Å². The topological polar surface area (TPSA) is 66.8 Å². The van der Waals surface area contributed by atoms with Crippen molar-refractivity contribution >= 4 is 32.7 Å². The highest BCUT2D eigenvalue weighted by atomic mass is 32.2. The second kappa shape index (κ2) is 7.09. The van der Waals surface area contributed by atoms with Gasteiger partial charge in [-0.05, 0) is 29.8 Å². The molecule has 0 spiro atoms. The fourth-order valence-electron chi connectivity index (χ4n) is 3.34. The molecule has 2 aliphatic heterocycles. The van der Waals surface area contributed by atoms with Crippen LogP contribution in [0.3, 0.4) is 0 Å². The second-order valence-corrected chi connectivity index (χ2v) is 9.98.